The van der Waals surface area contributed by atoms with Gasteiger partial charge in [0.15, 0.2) is 11.5 Å². The number of fused-ring (bicyclic) bond motifs is 1. The SMILES string of the molecule is CCOCCOc1nc(N)c2[nH]c(OC)nc2n1.O=C(O)C(F)(F)F. The molecule has 0 saturated carbocycles. The number of anilines is 1. The Bertz CT molecular complexity index is 706. The standard InChI is InChI=1S/C10H15N5O3.C2HF3O2/c1-3-17-4-5-18-10-13-7(11)6-8(15-10)14-9(12-6)16-2;3-2(4,5)1(6)7/h3-5H2,1-2H3,(H3,11,12,13,14,15);(H,6,7). The van der Waals surface area contributed by atoms with Gasteiger partial charge in [-0.1, -0.05) is 0 Å². The van der Waals surface area contributed by atoms with Crippen LogP contribution < -0.4 is 15.2 Å². The Hall–Kier alpha value is -2.83. The molecule has 0 fully saturated rings. The molecule has 0 saturated heterocycles. The predicted octanol–water partition coefficient (Wildman–Crippen LogP) is 0.992. The Morgan fingerprint density at radius 2 is 1.92 bits per heavy atom. The first-order valence-electron chi connectivity index (χ1n) is 6.76. The van der Waals surface area contributed by atoms with Gasteiger partial charge in [0, 0.05) is 6.61 Å². The molecule has 25 heavy (non-hydrogen) atoms. The van der Waals surface area contributed by atoms with E-state index in [4.69, 9.17) is 29.8 Å². The minimum atomic E-state index is -5.08. The fourth-order valence-electron chi connectivity index (χ4n) is 1.37. The molecule has 140 valence electrons. The number of aliphatic carboxylic acids is 1. The third kappa shape index (κ3) is 6.29. The van der Waals surface area contributed by atoms with E-state index < -0.39 is 12.1 Å². The summed E-state index contributed by atoms with van der Waals surface area (Å²) in [5.41, 5.74) is 6.71. The van der Waals surface area contributed by atoms with Gasteiger partial charge in [-0.25, -0.2) is 4.79 Å². The number of alkyl halides is 3. The van der Waals surface area contributed by atoms with E-state index in [0.717, 1.165) is 0 Å². The van der Waals surface area contributed by atoms with E-state index in [9.17, 15) is 13.2 Å². The lowest BCUT2D eigenvalue weighted by atomic mass is 10.5. The molecule has 0 atom stereocenters. The first-order chi connectivity index (χ1) is 11.7. The van der Waals surface area contributed by atoms with Crippen LogP contribution in [0.4, 0.5) is 19.0 Å². The summed E-state index contributed by atoms with van der Waals surface area (Å²) in [5.74, 6) is -2.49. The van der Waals surface area contributed by atoms with E-state index in [1.807, 2.05) is 6.92 Å². The van der Waals surface area contributed by atoms with Gasteiger partial charge in [0.2, 0.25) is 0 Å². The molecule has 0 radical (unpaired) electrons. The van der Waals surface area contributed by atoms with Crippen LogP contribution in [0.25, 0.3) is 11.2 Å². The summed E-state index contributed by atoms with van der Waals surface area (Å²) in [6.07, 6.45) is -5.08. The van der Waals surface area contributed by atoms with Crippen molar-refractivity contribution in [1.82, 2.24) is 19.9 Å². The van der Waals surface area contributed by atoms with Crippen LogP contribution in [0.1, 0.15) is 6.92 Å². The lowest BCUT2D eigenvalue weighted by Gasteiger charge is -2.04. The van der Waals surface area contributed by atoms with Gasteiger partial charge in [-0.3, -0.25) is 0 Å². The van der Waals surface area contributed by atoms with Crippen LogP contribution in [0.3, 0.4) is 0 Å². The van der Waals surface area contributed by atoms with Crippen LogP contribution in [0.15, 0.2) is 0 Å². The largest absolute Gasteiger partial charge is 0.490 e. The second-order valence-electron chi connectivity index (χ2n) is 4.18. The zero-order valence-corrected chi connectivity index (χ0v) is 13.3. The van der Waals surface area contributed by atoms with E-state index in [1.165, 1.54) is 7.11 Å². The molecule has 13 heteroatoms. The van der Waals surface area contributed by atoms with Crippen molar-refractivity contribution >= 4 is 23.0 Å². The molecule has 0 bridgehead atoms. The number of imidazole rings is 1. The van der Waals surface area contributed by atoms with E-state index in [-0.39, 0.29) is 11.8 Å². The van der Waals surface area contributed by atoms with E-state index in [0.29, 0.717) is 37.0 Å². The zero-order chi connectivity index (χ0) is 19.0. The van der Waals surface area contributed by atoms with Gasteiger partial charge in [-0.15, -0.1) is 0 Å². The number of hydrogen-bond acceptors (Lipinski definition) is 8. The maximum Gasteiger partial charge on any atom is 0.490 e. The summed E-state index contributed by atoms with van der Waals surface area (Å²) >= 11 is 0. The number of H-pyrrole nitrogens is 1. The van der Waals surface area contributed by atoms with Gasteiger partial charge in [-0.2, -0.15) is 28.1 Å². The monoisotopic (exact) mass is 367 g/mol. The Kier molecular flexibility index (Phi) is 7.17. The molecule has 0 spiro atoms. The summed E-state index contributed by atoms with van der Waals surface area (Å²) in [6, 6.07) is 0.506. The van der Waals surface area contributed by atoms with Gasteiger partial charge in [0.25, 0.3) is 6.01 Å². The van der Waals surface area contributed by atoms with Crippen molar-refractivity contribution < 1.29 is 37.3 Å². The molecule has 10 nitrogen and oxygen atoms in total. The van der Waals surface area contributed by atoms with Crippen molar-refractivity contribution in [3.8, 4) is 12.0 Å². The number of nitrogen functional groups attached to an aromatic ring is 1. The van der Waals surface area contributed by atoms with Crippen molar-refractivity contribution in [2.45, 2.75) is 13.1 Å². The van der Waals surface area contributed by atoms with Crippen LogP contribution in [-0.4, -0.2) is 64.1 Å². The summed E-state index contributed by atoms with van der Waals surface area (Å²) in [7, 11) is 1.50. The quantitative estimate of drug-likeness (QED) is 0.636. The summed E-state index contributed by atoms with van der Waals surface area (Å²) in [4.78, 5) is 23.9. The zero-order valence-electron chi connectivity index (χ0n) is 13.3. The van der Waals surface area contributed by atoms with E-state index in [2.05, 4.69) is 19.9 Å². The summed E-state index contributed by atoms with van der Waals surface area (Å²) in [6.45, 7) is 3.39. The summed E-state index contributed by atoms with van der Waals surface area (Å²) < 4.78 is 47.2. The normalized spacial score (nSPS) is 10.9. The highest BCUT2D eigenvalue weighted by Gasteiger charge is 2.38. The lowest BCUT2D eigenvalue weighted by molar-refractivity contribution is -0.192. The van der Waals surface area contributed by atoms with Crippen LogP contribution in [0, 0.1) is 0 Å². The number of halogens is 3. The van der Waals surface area contributed by atoms with Crippen molar-refractivity contribution in [3.05, 3.63) is 0 Å². The molecule has 2 heterocycles. The number of ether oxygens (including phenoxy) is 3. The topological polar surface area (TPSA) is 145 Å². The molecule has 2 rings (SSSR count). The maximum atomic E-state index is 10.6. The molecular formula is C12H16F3N5O5. The number of hydrogen-bond donors (Lipinski definition) is 3. The highest BCUT2D eigenvalue weighted by Crippen LogP contribution is 2.20. The number of nitrogens with zero attached hydrogens (tertiary/aromatic N) is 3. The Morgan fingerprint density at radius 3 is 2.44 bits per heavy atom. The third-order valence-corrected chi connectivity index (χ3v) is 2.44. The first-order valence-corrected chi connectivity index (χ1v) is 6.76. The number of methoxy groups -OCH3 is 1. The molecule has 0 aliphatic carbocycles. The second kappa shape index (κ2) is 8.86. The number of aromatic amines is 1. The fourth-order valence-corrected chi connectivity index (χ4v) is 1.37. The number of carbonyl (C=O) groups is 1. The van der Waals surface area contributed by atoms with Gasteiger partial charge in [-0.05, 0) is 6.92 Å². The molecule has 0 aliphatic rings. The van der Waals surface area contributed by atoms with Crippen LogP contribution >= 0.6 is 0 Å². The van der Waals surface area contributed by atoms with Gasteiger partial charge < -0.3 is 30.0 Å². The Balaban J connectivity index is 0.000000381. The maximum absolute atomic E-state index is 10.6. The fraction of sp³-hybridized carbons (Fsp3) is 0.500. The van der Waals surface area contributed by atoms with Crippen LogP contribution in [0.5, 0.6) is 12.0 Å². The Morgan fingerprint density at radius 1 is 1.28 bits per heavy atom. The number of carboxylic acids is 1. The highest BCUT2D eigenvalue weighted by molar-refractivity contribution is 5.82. The van der Waals surface area contributed by atoms with Crippen molar-refractivity contribution in [2.75, 3.05) is 32.7 Å². The number of carboxylic acid groups (broad SMARTS) is 1. The molecule has 0 aromatic carbocycles. The average molecular weight is 367 g/mol. The number of aromatic nitrogens is 4. The number of nitrogens with two attached hydrogens (primary N) is 1. The van der Waals surface area contributed by atoms with Crippen molar-refractivity contribution in [2.24, 2.45) is 0 Å². The molecule has 2 aromatic rings. The Labute approximate surface area is 139 Å². The minimum absolute atomic E-state index is 0.175. The third-order valence-electron chi connectivity index (χ3n) is 2.44. The molecule has 0 aliphatic heterocycles. The lowest BCUT2D eigenvalue weighted by Crippen LogP contribution is -2.21. The smallest absolute Gasteiger partial charge is 0.475 e. The minimum Gasteiger partial charge on any atom is -0.475 e. The number of rotatable bonds is 6. The number of nitrogens with one attached hydrogen (secondary N) is 1. The van der Waals surface area contributed by atoms with E-state index >= 15 is 0 Å². The van der Waals surface area contributed by atoms with Gasteiger partial charge in [0.1, 0.15) is 12.1 Å². The molecule has 2 aromatic heterocycles. The molecule has 4 N–H and O–H groups in total. The van der Waals surface area contributed by atoms with Gasteiger partial charge in [0.05, 0.1) is 13.7 Å². The van der Waals surface area contributed by atoms with E-state index in [1.54, 1.807) is 0 Å². The molecule has 0 unspecified atom stereocenters. The highest BCUT2D eigenvalue weighted by atomic mass is 19.4. The first kappa shape index (κ1) is 20.2. The van der Waals surface area contributed by atoms with Gasteiger partial charge >= 0.3 is 18.2 Å². The van der Waals surface area contributed by atoms with Crippen LogP contribution in [0.2, 0.25) is 0 Å². The van der Waals surface area contributed by atoms with Crippen LogP contribution in [-0.2, 0) is 9.53 Å². The van der Waals surface area contributed by atoms with Crippen molar-refractivity contribution in [3.63, 3.8) is 0 Å². The summed E-state index contributed by atoms with van der Waals surface area (Å²) in [5, 5.41) is 7.12. The average Bonchev–Trinajstić information content (AvgIpc) is 2.95. The molecular weight excluding hydrogens is 351 g/mol. The predicted molar refractivity (Wildman–Crippen MR) is 78.3 cm³/mol. The van der Waals surface area contributed by atoms with Crippen molar-refractivity contribution in [1.29, 1.82) is 0 Å². The second-order valence-corrected chi connectivity index (χ2v) is 4.18. The molecule has 0 amide bonds.